The Morgan fingerprint density at radius 3 is 2.82 bits per heavy atom. The lowest BCUT2D eigenvalue weighted by atomic mass is 9.76. The number of rotatable bonds is 7. The van der Waals surface area contributed by atoms with Gasteiger partial charge in [0.1, 0.15) is 0 Å². The third kappa shape index (κ3) is 5.01. The van der Waals surface area contributed by atoms with Crippen LogP contribution in [-0.4, -0.2) is 48.1 Å². The van der Waals surface area contributed by atoms with E-state index >= 15 is 0 Å². The molecular formula is C20H26ClN3O3S. The molecule has 1 saturated heterocycles. The Kier molecular flexibility index (Phi) is 7.26. The van der Waals surface area contributed by atoms with E-state index in [0.717, 1.165) is 12.0 Å². The number of hydrogen-bond acceptors (Lipinski definition) is 4. The van der Waals surface area contributed by atoms with Gasteiger partial charge in [-0.15, -0.1) is 0 Å². The predicted molar refractivity (Wildman–Crippen MR) is 112 cm³/mol. The van der Waals surface area contributed by atoms with Crippen molar-refractivity contribution in [3.05, 3.63) is 34.9 Å². The van der Waals surface area contributed by atoms with Gasteiger partial charge in [-0.2, -0.15) is 0 Å². The van der Waals surface area contributed by atoms with Gasteiger partial charge in [-0.1, -0.05) is 23.7 Å². The summed E-state index contributed by atoms with van der Waals surface area (Å²) in [6.07, 6.45) is 2.82. The summed E-state index contributed by atoms with van der Waals surface area (Å²) >= 11 is 11.4. The fourth-order valence-electron chi connectivity index (χ4n) is 3.90. The summed E-state index contributed by atoms with van der Waals surface area (Å²) in [5.41, 5.74) is 0.976. The highest BCUT2D eigenvalue weighted by atomic mass is 35.5. The summed E-state index contributed by atoms with van der Waals surface area (Å²) in [7, 11) is 1.65. The monoisotopic (exact) mass is 423 g/mol. The molecule has 0 aromatic heterocycles. The zero-order chi connectivity index (χ0) is 20.1. The highest BCUT2D eigenvalue weighted by Crippen LogP contribution is 2.33. The number of thiocarbonyl (C=S) groups is 1. The molecule has 3 unspecified atom stereocenters. The van der Waals surface area contributed by atoms with Crippen LogP contribution in [0, 0.1) is 11.8 Å². The molecule has 1 heterocycles. The van der Waals surface area contributed by atoms with Crippen LogP contribution in [0.5, 0.6) is 0 Å². The average Bonchev–Trinajstić information content (AvgIpc) is 2.69. The SMILES string of the molecule is COCCCNC(=O)C1CCC2C(=O)N(Cc3ccc(Cl)cc3)C(=S)NC2C1. The number of methoxy groups -OCH3 is 1. The van der Waals surface area contributed by atoms with E-state index in [2.05, 4.69) is 10.6 Å². The van der Waals surface area contributed by atoms with Crippen LogP contribution in [0.1, 0.15) is 31.2 Å². The second-order valence-corrected chi connectivity index (χ2v) is 8.18. The third-order valence-electron chi connectivity index (χ3n) is 5.44. The molecule has 3 atom stereocenters. The maximum atomic E-state index is 13.0. The Balaban J connectivity index is 1.57. The molecule has 0 radical (unpaired) electrons. The first-order chi connectivity index (χ1) is 13.5. The van der Waals surface area contributed by atoms with Crippen LogP contribution in [0.2, 0.25) is 5.02 Å². The van der Waals surface area contributed by atoms with E-state index in [4.69, 9.17) is 28.6 Å². The average molecular weight is 424 g/mol. The van der Waals surface area contributed by atoms with E-state index < -0.39 is 0 Å². The van der Waals surface area contributed by atoms with Gasteiger partial charge in [0.15, 0.2) is 5.11 Å². The quantitative estimate of drug-likeness (QED) is 0.521. The first-order valence-electron chi connectivity index (χ1n) is 9.62. The van der Waals surface area contributed by atoms with E-state index in [0.29, 0.717) is 49.1 Å². The minimum atomic E-state index is -0.142. The number of carbonyl (C=O) groups excluding carboxylic acids is 2. The highest BCUT2D eigenvalue weighted by Gasteiger charge is 2.43. The molecule has 28 heavy (non-hydrogen) atoms. The molecular weight excluding hydrogens is 398 g/mol. The van der Waals surface area contributed by atoms with Crippen LogP contribution < -0.4 is 10.6 Å². The number of hydrogen-bond donors (Lipinski definition) is 2. The number of nitrogens with one attached hydrogen (secondary N) is 2. The molecule has 2 amide bonds. The van der Waals surface area contributed by atoms with Crippen molar-refractivity contribution >= 4 is 40.7 Å². The number of fused-ring (bicyclic) bond motifs is 1. The molecule has 1 saturated carbocycles. The number of amides is 2. The van der Waals surface area contributed by atoms with Gasteiger partial charge in [0, 0.05) is 37.2 Å². The lowest BCUT2D eigenvalue weighted by molar-refractivity contribution is -0.138. The summed E-state index contributed by atoms with van der Waals surface area (Å²) < 4.78 is 5.00. The lowest BCUT2D eigenvalue weighted by Gasteiger charge is -2.43. The van der Waals surface area contributed by atoms with Crippen LogP contribution in [0.15, 0.2) is 24.3 Å². The van der Waals surface area contributed by atoms with Crippen molar-refractivity contribution in [3.63, 3.8) is 0 Å². The molecule has 0 bridgehead atoms. The van der Waals surface area contributed by atoms with Gasteiger partial charge >= 0.3 is 0 Å². The molecule has 2 fully saturated rings. The van der Waals surface area contributed by atoms with Crippen molar-refractivity contribution in [2.45, 2.75) is 38.3 Å². The number of carbonyl (C=O) groups is 2. The van der Waals surface area contributed by atoms with E-state index in [1.165, 1.54) is 0 Å². The van der Waals surface area contributed by atoms with Gasteiger partial charge < -0.3 is 15.4 Å². The summed E-state index contributed by atoms with van der Waals surface area (Å²) in [4.78, 5) is 27.1. The van der Waals surface area contributed by atoms with Crippen molar-refractivity contribution in [1.29, 1.82) is 0 Å². The maximum absolute atomic E-state index is 13.0. The molecule has 0 spiro atoms. The molecule has 2 N–H and O–H groups in total. The molecule has 1 aromatic rings. The number of ether oxygens (including phenoxy) is 1. The molecule has 152 valence electrons. The van der Waals surface area contributed by atoms with E-state index in [1.807, 2.05) is 12.1 Å². The van der Waals surface area contributed by atoms with Gasteiger partial charge in [-0.05, 0) is 55.6 Å². The van der Waals surface area contributed by atoms with E-state index in [1.54, 1.807) is 24.1 Å². The maximum Gasteiger partial charge on any atom is 0.234 e. The Bertz CT molecular complexity index is 728. The lowest BCUT2D eigenvalue weighted by Crippen LogP contribution is -2.61. The minimum absolute atomic E-state index is 0.0441. The van der Waals surface area contributed by atoms with Crippen LogP contribution >= 0.6 is 23.8 Å². The second-order valence-electron chi connectivity index (χ2n) is 7.36. The molecule has 1 aliphatic heterocycles. The van der Waals surface area contributed by atoms with Crippen molar-refractivity contribution in [2.75, 3.05) is 20.3 Å². The zero-order valence-corrected chi connectivity index (χ0v) is 17.5. The van der Waals surface area contributed by atoms with Crippen LogP contribution in [-0.2, 0) is 20.9 Å². The molecule has 3 rings (SSSR count). The van der Waals surface area contributed by atoms with Crippen molar-refractivity contribution in [1.82, 2.24) is 15.5 Å². The Labute approximate surface area is 175 Å². The largest absolute Gasteiger partial charge is 0.385 e. The summed E-state index contributed by atoms with van der Waals surface area (Å²) in [5.74, 6) is -0.132. The zero-order valence-electron chi connectivity index (χ0n) is 15.9. The Morgan fingerprint density at radius 1 is 1.36 bits per heavy atom. The van der Waals surface area contributed by atoms with Crippen molar-refractivity contribution in [2.24, 2.45) is 11.8 Å². The fraction of sp³-hybridized carbons (Fsp3) is 0.550. The number of benzene rings is 1. The topological polar surface area (TPSA) is 70.7 Å². The second kappa shape index (κ2) is 9.67. The van der Waals surface area contributed by atoms with E-state index in [-0.39, 0.29) is 29.7 Å². The van der Waals surface area contributed by atoms with Gasteiger partial charge in [-0.25, -0.2) is 0 Å². The fourth-order valence-corrected chi connectivity index (χ4v) is 4.33. The number of nitrogens with zero attached hydrogens (tertiary/aromatic N) is 1. The summed E-state index contributed by atoms with van der Waals surface area (Å²) in [6.45, 7) is 1.66. The standard InChI is InChI=1S/C20H26ClN3O3S/c1-27-10-2-9-22-18(25)14-5-8-16-17(11-14)23-20(28)24(19(16)26)12-13-3-6-15(21)7-4-13/h3-4,6-7,14,16-17H,2,5,8-12H2,1H3,(H,22,25)(H,23,28). The molecule has 1 aliphatic carbocycles. The normalized spacial score (nSPS) is 24.5. The highest BCUT2D eigenvalue weighted by molar-refractivity contribution is 7.80. The van der Waals surface area contributed by atoms with Gasteiger partial charge in [0.2, 0.25) is 11.8 Å². The molecule has 1 aromatic carbocycles. The first kappa shape index (κ1) is 21.0. The Hall–Kier alpha value is -1.70. The Morgan fingerprint density at radius 2 is 2.11 bits per heavy atom. The predicted octanol–water partition coefficient (Wildman–Crippen LogP) is 2.49. The van der Waals surface area contributed by atoms with Gasteiger partial charge in [0.05, 0.1) is 12.5 Å². The van der Waals surface area contributed by atoms with Crippen LogP contribution in [0.25, 0.3) is 0 Å². The smallest absolute Gasteiger partial charge is 0.234 e. The molecule has 6 nitrogen and oxygen atoms in total. The first-order valence-corrected chi connectivity index (χ1v) is 10.4. The minimum Gasteiger partial charge on any atom is -0.385 e. The van der Waals surface area contributed by atoms with Crippen molar-refractivity contribution < 1.29 is 14.3 Å². The summed E-state index contributed by atoms with van der Waals surface area (Å²) in [6, 6.07) is 7.33. The summed E-state index contributed by atoms with van der Waals surface area (Å²) in [5, 5.41) is 7.36. The molecule has 2 aliphatic rings. The van der Waals surface area contributed by atoms with E-state index in [9.17, 15) is 9.59 Å². The molecule has 8 heteroatoms. The van der Waals surface area contributed by atoms with Gasteiger partial charge in [0.25, 0.3) is 0 Å². The third-order valence-corrected chi connectivity index (χ3v) is 6.03. The van der Waals surface area contributed by atoms with Crippen LogP contribution in [0.3, 0.4) is 0 Å². The van der Waals surface area contributed by atoms with Gasteiger partial charge in [-0.3, -0.25) is 14.5 Å². The number of halogens is 1. The van der Waals surface area contributed by atoms with Crippen molar-refractivity contribution in [3.8, 4) is 0 Å². The van der Waals surface area contributed by atoms with Crippen LogP contribution in [0.4, 0.5) is 0 Å².